The normalized spacial score (nSPS) is 12.1. The zero-order valence-corrected chi connectivity index (χ0v) is 44.6. The van der Waals surface area contributed by atoms with E-state index in [1.807, 2.05) is 0 Å². The van der Waals surface area contributed by atoms with E-state index in [1.165, 1.54) is 43.8 Å². The Kier molecular flexibility index (Phi) is 9.64. The molecule has 0 radical (unpaired) electrons. The average molecular weight is 1060 g/mol. The van der Waals surface area contributed by atoms with Crippen LogP contribution in [0.1, 0.15) is 0 Å². The van der Waals surface area contributed by atoms with Crippen molar-refractivity contribution in [3.05, 3.63) is 279 Å². The maximum absolute atomic E-state index is 5.65. The minimum atomic E-state index is 0.503. The highest BCUT2D eigenvalue weighted by Gasteiger charge is 2.25. The predicted octanol–water partition coefficient (Wildman–Crippen LogP) is 18.7. The molecule has 6 aromatic heterocycles. The average Bonchev–Trinajstić information content (AvgIpc) is 3.89. The smallest absolute Gasteiger partial charge is 0.241 e. The zero-order chi connectivity index (χ0) is 54.3. The molecule has 0 atom stereocenters. The molecular formula is C75H46N8. The van der Waals surface area contributed by atoms with Crippen molar-refractivity contribution in [3.63, 3.8) is 0 Å². The highest BCUT2D eigenvalue weighted by molar-refractivity contribution is 6.15. The van der Waals surface area contributed by atoms with Crippen LogP contribution in [0.3, 0.4) is 0 Å². The van der Waals surface area contributed by atoms with Crippen molar-refractivity contribution in [2.24, 2.45) is 0 Å². The molecule has 8 heteroatoms. The molecule has 0 aliphatic carbocycles. The standard InChI is InChI=1S/C75H46N8/c1-3-19-47(20-4-1)49-35-39-59-57-27-7-13-29-63(57)79(71(59)43-49)51-37-41-69-61(45-51)62-46-52(80-64-30-14-8-28-58(64)60-40-36-50(44-72(60)80)48-21-5-2-6-22-48)38-42-70(62)83(69)75-77-73(81-65-31-15-9-23-53(65)54-24-10-16-32-66(54)81)76-74(78-75)82-67-33-17-11-25-55(67)56-26-12-18-34-68(56)82/h1-46H. The van der Waals surface area contributed by atoms with E-state index >= 15 is 0 Å². The Bertz CT molecular complexity index is 5250. The molecule has 0 amide bonds. The van der Waals surface area contributed by atoms with E-state index < -0.39 is 0 Å². The molecule has 0 aliphatic rings. The summed E-state index contributed by atoms with van der Waals surface area (Å²) in [7, 11) is 0. The summed E-state index contributed by atoms with van der Waals surface area (Å²) in [6.45, 7) is 0. The third kappa shape index (κ3) is 6.72. The molecule has 6 heterocycles. The fraction of sp³-hybridized carbons (Fsp3) is 0. The van der Waals surface area contributed by atoms with Crippen LogP contribution >= 0.6 is 0 Å². The predicted molar refractivity (Wildman–Crippen MR) is 342 cm³/mol. The summed E-state index contributed by atoms with van der Waals surface area (Å²) in [5.41, 5.74) is 17.3. The second-order valence-corrected chi connectivity index (χ2v) is 21.6. The Balaban J connectivity index is 0.952. The molecule has 386 valence electrons. The molecule has 18 rings (SSSR count). The molecule has 8 nitrogen and oxygen atoms in total. The van der Waals surface area contributed by atoms with Crippen LogP contribution in [0.2, 0.25) is 0 Å². The lowest BCUT2D eigenvalue weighted by atomic mass is 10.0. The first-order chi connectivity index (χ1) is 41.2. The SMILES string of the molecule is c1ccc(-c2ccc3c4ccccc4n(-c4ccc5c(c4)c4cc(-n6c7ccccc7c7ccc(-c8ccccc8)cc76)ccc4n5-c4nc(-n5c6ccccc6c6ccccc65)nc(-n5c6ccccc6c6ccccc65)n4)c3c2)cc1. The van der Waals surface area contributed by atoms with Gasteiger partial charge in [-0.05, 0) is 107 Å². The van der Waals surface area contributed by atoms with Crippen LogP contribution in [0.25, 0.3) is 161 Å². The van der Waals surface area contributed by atoms with Gasteiger partial charge in [0, 0.05) is 65.2 Å². The van der Waals surface area contributed by atoms with E-state index in [0.29, 0.717) is 17.8 Å². The zero-order valence-electron chi connectivity index (χ0n) is 44.6. The van der Waals surface area contributed by atoms with Gasteiger partial charge in [0.1, 0.15) is 0 Å². The number of rotatable bonds is 7. The molecule has 0 bridgehead atoms. The third-order valence-corrected chi connectivity index (χ3v) is 17.2. The number of benzene rings is 12. The van der Waals surface area contributed by atoms with E-state index in [2.05, 4.69) is 302 Å². The maximum Gasteiger partial charge on any atom is 0.241 e. The first-order valence-electron chi connectivity index (χ1n) is 28.2. The van der Waals surface area contributed by atoms with E-state index in [-0.39, 0.29) is 0 Å². The molecule has 0 saturated heterocycles. The van der Waals surface area contributed by atoms with Crippen LogP contribution in [0.5, 0.6) is 0 Å². The van der Waals surface area contributed by atoms with E-state index in [1.54, 1.807) is 0 Å². The van der Waals surface area contributed by atoms with Crippen molar-refractivity contribution < 1.29 is 0 Å². The van der Waals surface area contributed by atoms with Crippen molar-refractivity contribution in [1.29, 1.82) is 0 Å². The summed E-state index contributed by atoms with van der Waals surface area (Å²) in [5, 5.41) is 11.4. The molecule has 83 heavy (non-hydrogen) atoms. The Morgan fingerprint density at radius 2 is 0.434 bits per heavy atom. The summed E-state index contributed by atoms with van der Waals surface area (Å²) in [5.74, 6) is 1.54. The van der Waals surface area contributed by atoms with E-state index in [0.717, 1.165) is 98.9 Å². The Labute approximate surface area is 474 Å². The van der Waals surface area contributed by atoms with Crippen molar-refractivity contribution >= 4 is 109 Å². The van der Waals surface area contributed by atoms with Crippen molar-refractivity contribution in [3.8, 4) is 51.5 Å². The first kappa shape index (κ1) is 45.5. The van der Waals surface area contributed by atoms with Gasteiger partial charge in [0.05, 0.1) is 55.2 Å². The van der Waals surface area contributed by atoms with Crippen LogP contribution < -0.4 is 0 Å². The Hall–Kier alpha value is -11.4. The van der Waals surface area contributed by atoms with Gasteiger partial charge in [0.2, 0.25) is 17.8 Å². The monoisotopic (exact) mass is 1060 g/mol. The molecule has 18 aromatic rings. The lowest BCUT2D eigenvalue weighted by Crippen LogP contribution is -2.13. The van der Waals surface area contributed by atoms with Gasteiger partial charge in [-0.1, -0.05) is 194 Å². The maximum atomic E-state index is 5.65. The number of aromatic nitrogens is 8. The number of hydrogen-bond acceptors (Lipinski definition) is 3. The van der Waals surface area contributed by atoms with Gasteiger partial charge < -0.3 is 9.13 Å². The van der Waals surface area contributed by atoms with Crippen LogP contribution in [-0.2, 0) is 0 Å². The summed E-state index contributed by atoms with van der Waals surface area (Å²) in [6, 6.07) is 101. The van der Waals surface area contributed by atoms with Crippen LogP contribution in [-0.4, -0.2) is 37.8 Å². The fourth-order valence-corrected chi connectivity index (χ4v) is 13.5. The van der Waals surface area contributed by atoms with Crippen molar-refractivity contribution in [1.82, 2.24) is 37.8 Å². The summed E-state index contributed by atoms with van der Waals surface area (Å²) in [6.07, 6.45) is 0. The van der Waals surface area contributed by atoms with Gasteiger partial charge in [-0.15, -0.1) is 0 Å². The van der Waals surface area contributed by atoms with E-state index in [9.17, 15) is 0 Å². The second-order valence-electron chi connectivity index (χ2n) is 21.6. The van der Waals surface area contributed by atoms with Crippen molar-refractivity contribution in [2.45, 2.75) is 0 Å². The molecule has 12 aromatic carbocycles. The topological polar surface area (TPSA) is 63.3 Å². The summed E-state index contributed by atoms with van der Waals surface area (Å²) in [4.78, 5) is 16.9. The number of fused-ring (bicyclic) bond motifs is 15. The van der Waals surface area contributed by atoms with Crippen LogP contribution in [0, 0.1) is 0 Å². The van der Waals surface area contributed by atoms with Gasteiger partial charge in [0.15, 0.2) is 0 Å². The van der Waals surface area contributed by atoms with Gasteiger partial charge in [-0.25, -0.2) is 0 Å². The van der Waals surface area contributed by atoms with Crippen LogP contribution in [0.4, 0.5) is 0 Å². The quantitative estimate of drug-likeness (QED) is 0.160. The minimum absolute atomic E-state index is 0.503. The summed E-state index contributed by atoms with van der Waals surface area (Å²) >= 11 is 0. The fourth-order valence-electron chi connectivity index (χ4n) is 13.5. The summed E-state index contributed by atoms with van der Waals surface area (Å²) < 4.78 is 11.5. The first-order valence-corrected chi connectivity index (χ1v) is 28.2. The molecule has 0 saturated carbocycles. The molecule has 0 spiro atoms. The van der Waals surface area contributed by atoms with E-state index in [4.69, 9.17) is 15.0 Å². The number of hydrogen-bond donors (Lipinski definition) is 0. The highest BCUT2D eigenvalue weighted by atomic mass is 15.3. The minimum Gasteiger partial charge on any atom is -0.309 e. The molecular weight excluding hydrogens is 1010 g/mol. The van der Waals surface area contributed by atoms with Crippen molar-refractivity contribution in [2.75, 3.05) is 0 Å². The largest absolute Gasteiger partial charge is 0.309 e. The van der Waals surface area contributed by atoms with Gasteiger partial charge >= 0.3 is 0 Å². The Morgan fingerprint density at radius 1 is 0.169 bits per heavy atom. The lowest BCUT2D eigenvalue weighted by Gasteiger charge is -2.14. The number of para-hydroxylation sites is 6. The molecule has 0 N–H and O–H groups in total. The second kappa shape index (κ2) is 17.6. The van der Waals surface area contributed by atoms with Gasteiger partial charge in [-0.2, -0.15) is 15.0 Å². The molecule has 0 fully saturated rings. The number of nitrogens with zero attached hydrogens (tertiary/aromatic N) is 8. The Morgan fingerprint density at radius 3 is 0.759 bits per heavy atom. The van der Waals surface area contributed by atoms with Gasteiger partial charge in [0.25, 0.3) is 0 Å². The molecule has 0 aliphatic heterocycles. The highest BCUT2D eigenvalue weighted by Crippen LogP contribution is 2.42. The molecule has 0 unspecified atom stereocenters. The van der Waals surface area contributed by atoms with Crippen LogP contribution in [0.15, 0.2) is 279 Å². The third-order valence-electron chi connectivity index (χ3n) is 17.2. The van der Waals surface area contributed by atoms with Gasteiger partial charge in [-0.3, -0.25) is 13.7 Å². The lowest BCUT2D eigenvalue weighted by molar-refractivity contribution is 0.848.